The van der Waals surface area contributed by atoms with Crippen molar-refractivity contribution < 1.29 is 8.42 Å². The zero-order chi connectivity index (χ0) is 13.9. The Kier molecular flexibility index (Phi) is 4.47. The van der Waals surface area contributed by atoms with Gasteiger partial charge in [-0.15, -0.1) is 0 Å². The lowest BCUT2D eigenvalue weighted by atomic mass is 10.0. The van der Waals surface area contributed by atoms with Crippen molar-refractivity contribution in [3.8, 4) is 0 Å². The standard InChI is InChI=1S/C14H22N2O2S/c1-3-10-16(4-2)19(17,18)13-7-8-14-12(11-13)6-5-9-15-14/h7-8,11,15H,3-6,9-10H2,1-2H3. The first-order valence-corrected chi connectivity index (χ1v) is 8.40. The molecule has 0 saturated carbocycles. The highest BCUT2D eigenvalue weighted by atomic mass is 32.2. The molecule has 0 atom stereocenters. The maximum absolute atomic E-state index is 12.5. The van der Waals surface area contributed by atoms with Crippen molar-refractivity contribution in [2.75, 3.05) is 25.0 Å². The minimum Gasteiger partial charge on any atom is -0.385 e. The summed E-state index contributed by atoms with van der Waals surface area (Å²) in [4.78, 5) is 0.422. The summed E-state index contributed by atoms with van der Waals surface area (Å²) in [5.41, 5.74) is 2.18. The molecule has 1 aliphatic heterocycles. The highest BCUT2D eigenvalue weighted by molar-refractivity contribution is 7.89. The lowest BCUT2D eigenvalue weighted by Gasteiger charge is -2.22. The van der Waals surface area contributed by atoms with Crippen molar-refractivity contribution in [1.29, 1.82) is 0 Å². The van der Waals surface area contributed by atoms with Crippen LogP contribution in [0, 0.1) is 0 Å². The van der Waals surface area contributed by atoms with E-state index in [1.54, 1.807) is 10.4 Å². The van der Waals surface area contributed by atoms with Crippen molar-refractivity contribution in [2.24, 2.45) is 0 Å². The molecule has 106 valence electrons. The van der Waals surface area contributed by atoms with Gasteiger partial charge in [0.2, 0.25) is 10.0 Å². The van der Waals surface area contributed by atoms with Crippen molar-refractivity contribution in [3.63, 3.8) is 0 Å². The van der Waals surface area contributed by atoms with Gasteiger partial charge in [0.1, 0.15) is 0 Å². The monoisotopic (exact) mass is 282 g/mol. The first-order valence-electron chi connectivity index (χ1n) is 6.96. The quantitative estimate of drug-likeness (QED) is 0.902. The summed E-state index contributed by atoms with van der Waals surface area (Å²) in [6, 6.07) is 5.43. The molecular formula is C14H22N2O2S. The van der Waals surface area contributed by atoms with Crippen molar-refractivity contribution >= 4 is 15.7 Å². The SMILES string of the molecule is CCCN(CC)S(=O)(=O)c1ccc2c(c1)CCCN2. The molecule has 1 aromatic carbocycles. The number of anilines is 1. The number of benzene rings is 1. The molecule has 0 fully saturated rings. The number of fused-ring (bicyclic) bond motifs is 1. The molecule has 0 aliphatic carbocycles. The Labute approximate surface area is 115 Å². The molecule has 5 heteroatoms. The second-order valence-corrected chi connectivity index (χ2v) is 6.78. The van der Waals surface area contributed by atoms with E-state index in [2.05, 4.69) is 5.32 Å². The maximum atomic E-state index is 12.5. The highest BCUT2D eigenvalue weighted by Crippen LogP contribution is 2.26. The van der Waals surface area contributed by atoms with E-state index in [9.17, 15) is 8.42 Å². The molecule has 1 N–H and O–H groups in total. The van der Waals surface area contributed by atoms with Crippen LogP contribution in [0.4, 0.5) is 5.69 Å². The van der Waals surface area contributed by atoms with E-state index in [1.165, 1.54) is 0 Å². The van der Waals surface area contributed by atoms with E-state index in [4.69, 9.17) is 0 Å². The molecule has 1 heterocycles. The van der Waals surface area contributed by atoms with Crippen LogP contribution in [0.1, 0.15) is 32.3 Å². The number of rotatable bonds is 5. The molecule has 0 amide bonds. The Balaban J connectivity index is 2.35. The van der Waals surface area contributed by atoms with Crippen LogP contribution in [-0.4, -0.2) is 32.4 Å². The lowest BCUT2D eigenvalue weighted by molar-refractivity contribution is 0.427. The van der Waals surface area contributed by atoms with Crippen LogP contribution in [0.15, 0.2) is 23.1 Å². The second kappa shape index (κ2) is 5.92. The molecule has 2 rings (SSSR count). The summed E-state index contributed by atoms with van der Waals surface area (Å²) in [5.74, 6) is 0. The molecule has 0 bridgehead atoms. The fourth-order valence-electron chi connectivity index (χ4n) is 2.46. The van der Waals surface area contributed by atoms with Crippen LogP contribution in [0.3, 0.4) is 0 Å². The van der Waals surface area contributed by atoms with Gasteiger partial charge in [-0.25, -0.2) is 8.42 Å². The summed E-state index contributed by atoms with van der Waals surface area (Å²) in [5, 5.41) is 3.30. The smallest absolute Gasteiger partial charge is 0.243 e. The first kappa shape index (κ1) is 14.3. The minimum atomic E-state index is -3.34. The van der Waals surface area contributed by atoms with Gasteiger partial charge in [0.05, 0.1) is 4.90 Å². The second-order valence-electron chi connectivity index (χ2n) is 4.85. The Hall–Kier alpha value is -1.07. The van der Waals surface area contributed by atoms with Crippen LogP contribution in [0.25, 0.3) is 0 Å². The fourth-order valence-corrected chi connectivity index (χ4v) is 4.05. The van der Waals surface area contributed by atoms with Crippen molar-refractivity contribution in [3.05, 3.63) is 23.8 Å². The van der Waals surface area contributed by atoms with Gasteiger partial charge in [-0.05, 0) is 43.0 Å². The van der Waals surface area contributed by atoms with Gasteiger partial charge in [-0.3, -0.25) is 0 Å². The molecule has 1 aromatic rings. The summed E-state index contributed by atoms with van der Waals surface area (Å²) in [7, 11) is -3.34. The van der Waals surface area contributed by atoms with E-state index < -0.39 is 10.0 Å². The normalized spacial score (nSPS) is 15.1. The van der Waals surface area contributed by atoms with E-state index in [0.717, 1.165) is 37.1 Å². The number of nitrogens with one attached hydrogen (secondary N) is 1. The molecule has 0 unspecified atom stereocenters. The van der Waals surface area contributed by atoms with Gasteiger partial charge in [0.15, 0.2) is 0 Å². The summed E-state index contributed by atoms with van der Waals surface area (Å²) >= 11 is 0. The van der Waals surface area contributed by atoms with Crippen molar-refractivity contribution in [1.82, 2.24) is 4.31 Å². The zero-order valence-electron chi connectivity index (χ0n) is 11.6. The Morgan fingerprint density at radius 3 is 2.79 bits per heavy atom. The molecular weight excluding hydrogens is 260 g/mol. The van der Waals surface area contributed by atoms with Crippen LogP contribution < -0.4 is 5.32 Å². The van der Waals surface area contributed by atoms with Gasteiger partial charge in [0, 0.05) is 25.3 Å². The van der Waals surface area contributed by atoms with E-state index in [1.807, 2.05) is 26.0 Å². The third-order valence-corrected chi connectivity index (χ3v) is 5.45. The van der Waals surface area contributed by atoms with Gasteiger partial charge in [-0.2, -0.15) is 4.31 Å². The van der Waals surface area contributed by atoms with E-state index in [0.29, 0.717) is 18.0 Å². The van der Waals surface area contributed by atoms with Gasteiger partial charge >= 0.3 is 0 Å². The first-order chi connectivity index (χ1) is 9.09. The Morgan fingerprint density at radius 2 is 2.11 bits per heavy atom. The van der Waals surface area contributed by atoms with Crippen LogP contribution in [-0.2, 0) is 16.4 Å². The molecule has 0 radical (unpaired) electrons. The highest BCUT2D eigenvalue weighted by Gasteiger charge is 2.23. The van der Waals surface area contributed by atoms with Crippen LogP contribution >= 0.6 is 0 Å². The number of nitrogens with zero attached hydrogens (tertiary/aromatic N) is 1. The number of hydrogen-bond donors (Lipinski definition) is 1. The fraction of sp³-hybridized carbons (Fsp3) is 0.571. The van der Waals surface area contributed by atoms with E-state index >= 15 is 0 Å². The molecule has 0 saturated heterocycles. The molecule has 19 heavy (non-hydrogen) atoms. The average Bonchev–Trinajstić information content (AvgIpc) is 2.44. The molecule has 0 aromatic heterocycles. The third-order valence-electron chi connectivity index (χ3n) is 3.48. The van der Waals surface area contributed by atoms with Crippen molar-refractivity contribution in [2.45, 2.75) is 38.0 Å². The molecule has 4 nitrogen and oxygen atoms in total. The predicted octanol–water partition coefficient (Wildman–Crippen LogP) is 2.47. The van der Waals surface area contributed by atoms with E-state index in [-0.39, 0.29) is 0 Å². The zero-order valence-corrected chi connectivity index (χ0v) is 12.5. The minimum absolute atomic E-state index is 0.422. The summed E-state index contributed by atoms with van der Waals surface area (Å²) in [6.45, 7) is 5.94. The topological polar surface area (TPSA) is 49.4 Å². The number of hydrogen-bond acceptors (Lipinski definition) is 3. The van der Waals surface area contributed by atoms with Crippen LogP contribution in [0.5, 0.6) is 0 Å². The Bertz CT molecular complexity index is 540. The summed E-state index contributed by atoms with van der Waals surface area (Å²) < 4.78 is 26.6. The predicted molar refractivity (Wildman–Crippen MR) is 78.0 cm³/mol. The number of aryl methyl sites for hydroxylation is 1. The van der Waals surface area contributed by atoms with Crippen LogP contribution in [0.2, 0.25) is 0 Å². The third kappa shape index (κ3) is 2.92. The average molecular weight is 282 g/mol. The number of sulfonamides is 1. The maximum Gasteiger partial charge on any atom is 0.243 e. The molecule has 0 spiro atoms. The lowest BCUT2D eigenvalue weighted by Crippen LogP contribution is -2.31. The van der Waals surface area contributed by atoms with Gasteiger partial charge in [-0.1, -0.05) is 13.8 Å². The van der Waals surface area contributed by atoms with Gasteiger partial charge in [0.25, 0.3) is 0 Å². The van der Waals surface area contributed by atoms with Gasteiger partial charge < -0.3 is 5.32 Å². The summed E-state index contributed by atoms with van der Waals surface area (Å²) in [6.07, 6.45) is 2.84. The Morgan fingerprint density at radius 1 is 1.32 bits per heavy atom. The molecule has 1 aliphatic rings. The largest absolute Gasteiger partial charge is 0.385 e.